The van der Waals surface area contributed by atoms with Crippen molar-refractivity contribution in [3.8, 4) is 0 Å². The quantitative estimate of drug-likeness (QED) is 0.503. The number of hydrogen-bond donors (Lipinski definition) is 2. The molecular formula is C29H36O5. The Labute approximate surface area is 202 Å². The fourth-order valence-electron chi connectivity index (χ4n) is 7.55. The summed E-state index contributed by atoms with van der Waals surface area (Å²) in [6, 6.07) is 9.54. The lowest BCUT2D eigenvalue weighted by Crippen LogP contribution is -2.76. The second-order valence-corrected chi connectivity index (χ2v) is 11.4. The van der Waals surface area contributed by atoms with E-state index in [2.05, 4.69) is 26.0 Å². The summed E-state index contributed by atoms with van der Waals surface area (Å²) in [5, 5.41) is 24.3. The fraction of sp³-hybridized carbons (Fsp3) is 0.552. The summed E-state index contributed by atoms with van der Waals surface area (Å²) in [7, 11) is 0. The van der Waals surface area contributed by atoms with Gasteiger partial charge < -0.3 is 19.7 Å². The summed E-state index contributed by atoms with van der Waals surface area (Å²) in [6.45, 7) is 8.84. The number of carbonyl (C=O) groups is 1. The van der Waals surface area contributed by atoms with Crippen LogP contribution in [0.4, 0.5) is 0 Å². The van der Waals surface area contributed by atoms with Crippen molar-refractivity contribution in [2.24, 2.45) is 28.6 Å². The summed E-state index contributed by atoms with van der Waals surface area (Å²) >= 11 is 0. The third kappa shape index (κ3) is 3.24. The van der Waals surface area contributed by atoms with Crippen molar-refractivity contribution < 1.29 is 24.5 Å². The second kappa shape index (κ2) is 8.10. The molecule has 5 heteroatoms. The number of rotatable bonds is 3. The first-order valence-corrected chi connectivity index (χ1v) is 12.5. The minimum absolute atomic E-state index is 0.0370. The standard InChI is InChI=1S/C29H36O5/c1-18-20-13-16-33-22(20)17-21-24(18)25(31)26(29(32)27(2,3)14-8-15-28(21,29)4)34-23(30)12-11-19-9-6-5-7-10-19/h5-7,9-13,17-18,21,24-26,31-32H,8,14-16H2,1-4H3/b12-11-/t18-,21-,24-,25+,26+,28+,29+/m0/s1. The third-order valence-corrected chi connectivity index (χ3v) is 9.35. The predicted octanol–water partition coefficient (Wildman–Crippen LogP) is 4.66. The molecule has 0 unspecified atom stereocenters. The second-order valence-electron chi connectivity index (χ2n) is 11.4. The van der Waals surface area contributed by atoms with Gasteiger partial charge in [0.1, 0.15) is 18.0 Å². The Morgan fingerprint density at radius 2 is 1.91 bits per heavy atom. The van der Waals surface area contributed by atoms with Crippen LogP contribution < -0.4 is 0 Å². The maximum absolute atomic E-state index is 13.0. The zero-order valence-electron chi connectivity index (χ0n) is 20.5. The Balaban J connectivity index is 1.55. The lowest BCUT2D eigenvalue weighted by molar-refractivity contribution is -0.310. The van der Waals surface area contributed by atoms with Crippen molar-refractivity contribution in [1.82, 2.24) is 0 Å². The number of carbonyl (C=O) groups excluding carboxylic acids is 1. The van der Waals surface area contributed by atoms with Crippen LogP contribution in [0.25, 0.3) is 6.08 Å². The number of aliphatic hydroxyl groups is 2. The highest BCUT2D eigenvalue weighted by Gasteiger charge is 2.72. The summed E-state index contributed by atoms with van der Waals surface area (Å²) < 4.78 is 11.9. The van der Waals surface area contributed by atoms with Crippen molar-refractivity contribution in [2.75, 3.05) is 6.61 Å². The molecule has 4 aliphatic rings. The van der Waals surface area contributed by atoms with Gasteiger partial charge >= 0.3 is 5.97 Å². The Hall–Kier alpha value is -2.37. The van der Waals surface area contributed by atoms with E-state index in [1.54, 1.807) is 6.08 Å². The molecule has 2 saturated carbocycles. The molecule has 34 heavy (non-hydrogen) atoms. The molecule has 5 nitrogen and oxygen atoms in total. The van der Waals surface area contributed by atoms with Crippen molar-refractivity contribution in [1.29, 1.82) is 0 Å². The lowest BCUT2D eigenvalue weighted by Gasteiger charge is -2.68. The zero-order valence-corrected chi connectivity index (χ0v) is 20.5. The molecule has 0 saturated heterocycles. The van der Waals surface area contributed by atoms with Crippen LogP contribution in [0.3, 0.4) is 0 Å². The van der Waals surface area contributed by atoms with E-state index in [0.717, 1.165) is 36.2 Å². The van der Waals surface area contributed by atoms with Gasteiger partial charge in [0, 0.05) is 17.4 Å². The van der Waals surface area contributed by atoms with Gasteiger partial charge in [0.2, 0.25) is 0 Å². The first-order valence-electron chi connectivity index (χ1n) is 12.5. The highest BCUT2D eigenvalue weighted by molar-refractivity contribution is 5.87. The van der Waals surface area contributed by atoms with E-state index >= 15 is 0 Å². The van der Waals surface area contributed by atoms with E-state index in [1.165, 1.54) is 6.08 Å². The highest BCUT2D eigenvalue weighted by Crippen LogP contribution is 2.67. The highest BCUT2D eigenvalue weighted by atomic mass is 16.6. The number of fused-ring (bicyclic) bond motifs is 4. The van der Waals surface area contributed by atoms with E-state index in [4.69, 9.17) is 9.47 Å². The molecule has 0 aromatic heterocycles. The van der Waals surface area contributed by atoms with Crippen molar-refractivity contribution in [3.63, 3.8) is 0 Å². The molecule has 1 aromatic carbocycles. The molecule has 5 rings (SSSR count). The summed E-state index contributed by atoms with van der Waals surface area (Å²) in [5.74, 6) is 0.115. The Morgan fingerprint density at radius 1 is 1.18 bits per heavy atom. The largest absolute Gasteiger partial charge is 0.490 e. The smallest absolute Gasteiger partial charge is 0.331 e. The van der Waals surface area contributed by atoms with E-state index in [0.29, 0.717) is 6.61 Å². The summed E-state index contributed by atoms with van der Waals surface area (Å²) in [6.07, 6.45) is 7.85. The number of esters is 1. The molecule has 182 valence electrons. The van der Waals surface area contributed by atoms with Gasteiger partial charge in [-0.2, -0.15) is 0 Å². The number of allylic oxidation sites excluding steroid dienone is 2. The van der Waals surface area contributed by atoms with Gasteiger partial charge in [0.15, 0.2) is 6.10 Å². The first-order chi connectivity index (χ1) is 16.1. The number of ether oxygens (including phenoxy) is 2. The van der Waals surface area contributed by atoms with Crippen LogP contribution in [0.5, 0.6) is 0 Å². The number of hydrogen-bond acceptors (Lipinski definition) is 5. The topological polar surface area (TPSA) is 76.0 Å². The normalized spacial score (nSPS) is 40.4. The SMILES string of the molecule is C[C@H]1C2=CCOC2=C[C@H]2[C@H]1[C@@H](O)[C@@H](OC(=O)/C=C\c1ccccc1)[C@@]1(O)C(C)(C)CCC[C@]21C. The average molecular weight is 465 g/mol. The Bertz CT molecular complexity index is 1050. The van der Waals surface area contributed by atoms with Crippen LogP contribution in [0.2, 0.25) is 0 Å². The molecule has 0 bridgehead atoms. The maximum atomic E-state index is 13.0. The van der Waals surface area contributed by atoms with Crippen LogP contribution in [0.15, 0.2) is 59.9 Å². The van der Waals surface area contributed by atoms with Crippen LogP contribution in [-0.4, -0.2) is 40.6 Å². The molecular weight excluding hydrogens is 428 g/mol. The van der Waals surface area contributed by atoms with Crippen molar-refractivity contribution >= 4 is 12.0 Å². The molecule has 7 atom stereocenters. The zero-order chi connectivity index (χ0) is 24.3. The minimum Gasteiger partial charge on any atom is -0.490 e. The predicted molar refractivity (Wildman–Crippen MR) is 130 cm³/mol. The van der Waals surface area contributed by atoms with Crippen molar-refractivity contribution in [3.05, 3.63) is 65.5 Å². The van der Waals surface area contributed by atoms with Crippen molar-refractivity contribution in [2.45, 2.75) is 64.8 Å². The van der Waals surface area contributed by atoms with Gasteiger partial charge in [-0.3, -0.25) is 0 Å². The van der Waals surface area contributed by atoms with Crippen LogP contribution in [0, 0.1) is 28.6 Å². The molecule has 0 radical (unpaired) electrons. The molecule has 2 fully saturated rings. The minimum atomic E-state index is -1.40. The van der Waals surface area contributed by atoms with Crippen LogP contribution in [-0.2, 0) is 14.3 Å². The molecule has 0 spiro atoms. The fourth-order valence-corrected chi connectivity index (χ4v) is 7.55. The first kappa shape index (κ1) is 23.4. The lowest BCUT2D eigenvalue weighted by atomic mass is 9.40. The Morgan fingerprint density at radius 3 is 2.65 bits per heavy atom. The molecule has 3 aliphatic carbocycles. The van der Waals surface area contributed by atoms with Gasteiger partial charge in [-0.25, -0.2) is 4.79 Å². The van der Waals surface area contributed by atoms with E-state index in [1.807, 2.05) is 44.2 Å². The van der Waals surface area contributed by atoms with E-state index < -0.39 is 34.6 Å². The van der Waals surface area contributed by atoms with Gasteiger partial charge in [-0.1, -0.05) is 64.4 Å². The van der Waals surface area contributed by atoms with E-state index in [-0.39, 0.29) is 17.8 Å². The Kier molecular flexibility index (Phi) is 5.57. The van der Waals surface area contributed by atoms with Gasteiger partial charge in [0.25, 0.3) is 0 Å². The maximum Gasteiger partial charge on any atom is 0.331 e. The van der Waals surface area contributed by atoms with Gasteiger partial charge in [-0.05, 0) is 59.5 Å². The van der Waals surface area contributed by atoms with Gasteiger partial charge in [-0.15, -0.1) is 0 Å². The molecule has 1 aromatic rings. The number of aliphatic hydroxyl groups excluding tert-OH is 1. The molecule has 0 amide bonds. The average Bonchev–Trinajstić information content (AvgIpc) is 3.28. The molecule has 1 heterocycles. The summed E-state index contributed by atoms with van der Waals surface area (Å²) in [5.41, 5.74) is -0.526. The summed E-state index contributed by atoms with van der Waals surface area (Å²) in [4.78, 5) is 13.0. The number of benzene rings is 1. The van der Waals surface area contributed by atoms with Crippen LogP contribution in [0.1, 0.15) is 52.5 Å². The van der Waals surface area contributed by atoms with E-state index in [9.17, 15) is 15.0 Å². The van der Waals surface area contributed by atoms with Crippen LogP contribution >= 0.6 is 0 Å². The van der Waals surface area contributed by atoms with Gasteiger partial charge in [0.05, 0.1) is 6.10 Å². The molecule has 2 N–H and O–H groups in total. The monoisotopic (exact) mass is 464 g/mol. The molecule has 1 aliphatic heterocycles. The third-order valence-electron chi connectivity index (χ3n) is 9.35.